The Labute approximate surface area is 144 Å². The Morgan fingerprint density at radius 3 is 2.52 bits per heavy atom. The monoisotopic (exact) mass is 383 g/mol. The van der Waals surface area contributed by atoms with E-state index in [0.29, 0.717) is 5.75 Å². The quantitative estimate of drug-likeness (QED) is 0.765. The van der Waals surface area contributed by atoms with Crippen LogP contribution in [-0.4, -0.2) is 30.6 Å². The van der Waals surface area contributed by atoms with E-state index < -0.39 is 12.1 Å². The lowest BCUT2D eigenvalue weighted by Crippen LogP contribution is -2.43. The van der Waals surface area contributed by atoms with Gasteiger partial charge in [-0.05, 0) is 44.0 Å². The Balaban J connectivity index is 1.70. The van der Waals surface area contributed by atoms with E-state index in [2.05, 4.69) is 21.2 Å². The SMILES string of the molecule is C[C@@H](OC(=O)COc1ccc(Br)cc1)C(=O)NC1CCCCC1. The van der Waals surface area contributed by atoms with Crippen molar-refractivity contribution in [2.45, 2.75) is 51.2 Å². The van der Waals surface area contributed by atoms with Crippen LogP contribution in [0.1, 0.15) is 39.0 Å². The number of hydrogen-bond acceptors (Lipinski definition) is 4. The van der Waals surface area contributed by atoms with E-state index in [0.717, 1.165) is 30.2 Å². The Hall–Kier alpha value is -1.56. The molecule has 2 rings (SSSR count). The number of benzene rings is 1. The van der Waals surface area contributed by atoms with Crippen LogP contribution in [0.2, 0.25) is 0 Å². The summed E-state index contributed by atoms with van der Waals surface area (Å²) < 4.78 is 11.4. The van der Waals surface area contributed by atoms with Gasteiger partial charge in [-0.1, -0.05) is 35.2 Å². The van der Waals surface area contributed by atoms with Crippen molar-refractivity contribution >= 4 is 27.8 Å². The molecule has 0 bridgehead atoms. The zero-order valence-corrected chi connectivity index (χ0v) is 14.8. The van der Waals surface area contributed by atoms with Crippen LogP contribution in [0.3, 0.4) is 0 Å². The number of hydrogen-bond donors (Lipinski definition) is 1. The average Bonchev–Trinajstić information content (AvgIpc) is 2.55. The van der Waals surface area contributed by atoms with Crippen LogP contribution < -0.4 is 10.1 Å². The molecule has 1 amide bonds. The van der Waals surface area contributed by atoms with Crippen molar-refractivity contribution in [1.82, 2.24) is 5.32 Å². The second kappa shape index (κ2) is 8.91. The Kier molecular flexibility index (Phi) is 6.89. The van der Waals surface area contributed by atoms with E-state index in [4.69, 9.17) is 9.47 Å². The maximum atomic E-state index is 12.0. The molecule has 0 heterocycles. The molecule has 1 saturated carbocycles. The summed E-state index contributed by atoms with van der Waals surface area (Å²) in [5.41, 5.74) is 0. The molecule has 0 aromatic heterocycles. The molecule has 0 spiro atoms. The summed E-state index contributed by atoms with van der Waals surface area (Å²) in [5, 5.41) is 2.94. The Bertz CT molecular complexity index is 526. The highest BCUT2D eigenvalue weighted by Crippen LogP contribution is 2.18. The molecule has 23 heavy (non-hydrogen) atoms. The van der Waals surface area contributed by atoms with Crippen LogP contribution in [0.25, 0.3) is 0 Å². The number of rotatable bonds is 6. The van der Waals surface area contributed by atoms with Gasteiger partial charge in [0.15, 0.2) is 12.7 Å². The minimum atomic E-state index is -0.807. The van der Waals surface area contributed by atoms with Crippen LogP contribution in [0.15, 0.2) is 28.7 Å². The molecule has 6 heteroatoms. The number of esters is 1. The van der Waals surface area contributed by atoms with Crippen molar-refractivity contribution in [2.75, 3.05) is 6.61 Å². The van der Waals surface area contributed by atoms with Crippen LogP contribution in [0.4, 0.5) is 0 Å². The fourth-order valence-electron chi connectivity index (χ4n) is 2.52. The van der Waals surface area contributed by atoms with Gasteiger partial charge in [-0.25, -0.2) is 4.79 Å². The predicted molar refractivity (Wildman–Crippen MR) is 90.2 cm³/mol. The summed E-state index contributed by atoms with van der Waals surface area (Å²) in [7, 11) is 0. The van der Waals surface area contributed by atoms with Gasteiger partial charge in [0.25, 0.3) is 5.91 Å². The highest BCUT2D eigenvalue weighted by molar-refractivity contribution is 9.10. The van der Waals surface area contributed by atoms with E-state index in [1.54, 1.807) is 19.1 Å². The van der Waals surface area contributed by atoms with Gasteiger partial charge >= 0.3 is 5.97 Å². The number of halogens is 1. The molecule has 1 aliphatic carbocycles. The summed E-state index contributed by atoms with van der Waals surface area (Å²) in [4.78, 5) is 23.8. The lowest BCUT2D eigenvalue weighted by atomic mass is 9.95. The molecule has 0 saturated heterocycles. The molecule has 1 aliphatic rings. The number of ether oxygens (including phenoxy) is 2. The lowest BCUT2D eigenvalue weighted by Gasteiger charge is -2.24. The molecular formula is C17H22BrNO4. The van der Waals surface area contributed by atoms with Crippen LogP contribution in [-0.2, 0) is 14.3 Å². The topological polar surface area (TPSA) is 64.6 Å². The van der Waals surface area contributed by atoms with Gasteiger partial charge in [0.1, 0.15) is 5.75 Å². The number of carbonyl (C=O) groups is 2. The van der Waals surface area contributed by atoms with Crippen molar-refractivity contribution in [2.24, 2.45) is 0 Å². The van der Waals surface area contributed by atoms with E-state index in [9.17, 15) is 9.59 Å². The van der Waals surface area contributed by atoms with Crippen LogP contribution in [0, 0.1) is 0 Å². The molecule has 126 valence electrons. The van der Waals surface area contributed by atoms with Crippen molar-refractivity contribution in [3.05, 3.63) is 28.7 Å². The minimum absolute atomic E-state index is 0.205. The van der Waals surface area contributed by atoms with E-state index in [-0.39, 0.29) is 18.6 Å². The van der Waals surface area contributed by atoms with Gasteiger partial charge < -0.3 is 14.8 Å². The normalized spacial score (nSPS) is 16.4. The summed E-state index contributed by atoms with van der Waals surface area (Å²) in [6.07, 6.45) is 4.70. The van der Waals surface area contributed by atoms with Crippen molar-refractivity contribution in [1.29, 1.82) is 0 Å². The van der Waals surface area contributed by atoms with E-state index in [1.165, 1.54) is 6.42 Å². The lowest BCUT2D eigenvalue weighted by molar-refractivity contribution is -0.156. The first-order valence-corrected chi connectivity index (χ1v) is 8.72. The first-order chi connectivity index (χ1) is 11.0. The summed E-state index contributed by atoms with van der Waals surface area (Å²) in [5.74, 6) is -0.224. The molecule has 1 N–H and O–H groups in total. The minimum Gasteiger partial charge on any atom is -0.482 e. The van der Waals surface area contributed by atoms with E-state index in [1.807, 2.05) is 12.1 Å². The Morgan fingerprint density at radius 2 is 1.87 bits per heavy atom. The first-order valence-electron chi connectivity index (χ1n) is 7.93. The second-order valence-corrected chi connectivity index (χ2v) is 6.63. The third-order valence-electron chi connectivity index (χ3n) is 3.80. The number of nitrogens with one attached hydrogen (secondary N) is 1. The average molecular weight is 384 g/mol. The van der Waals surface area contributed by atoms with Gasteiger partial charge in [0.2, 0.25) is 0 Å². The Morgan fingerprint density at radius 1 is 1.22 bits per heavy atom. The largest absolute Gasteiger partial charge is 0.482 e. The number of amides is 1. The van der Waals surface area contributed by atoms with Crippen molar-refractivity contribution in [3.63, 3.8) is 0 Å². The third-order valence-corrected chi connectivity index (χ3v) is 4.33. The molecule has 1 atom stereocenters. The zero-order valence-electron chi connectivity index (χ0n) is 13.2. The number of carbonyl (C=O) groups excluding carboxylic acids is 2. The summed E-state index contributed by atoms with van der Waals surface area (Å²) in [6, 6.07) is 7.34. The highest BCUT2D eigenvalue weighted by Gasteiger charge is 2.22. The smallest absolute Gasteiger partial charge is 0.344 e. The zero-order chi connectivity index (χ0) is 16.7. The summed E-state index contributed by atoms with van der Waals surface area (Å²) in [6.45, 7) is 1.36. The van der Waals surface area contributed by atoms with Crippen LogP contribution in [0.5, 0.6) is 5.75 Å². The van der Waals surface area contributed by atoms with Gasteiger partial charge in [-0.2, -0.15) is 0 Å². The molecule has 5 nitrogen and oxygen atoms in total. The van der Waals surface area contributed by atoms with Gasteiger partial charge in [0.05, 0.1) is 0 Å². The molecular weight excluding hydrogens is 362 g/mol. The fraction of sp³-hybridized carbons (Fsp3) is 0.529. The molecule has 1 aromatic rings. The van der Waals surface area contributed by atoms with Crippen LogP contribution >= 0.6 is 15.9 Å². The molecule has 0 aliphatic heterocycles. The second-order valence-electron chi connectivity index (χ2n) is 5.72. The maximum Gasteiger partial charge on any atom is 0.344 e. The maximum absolute atomic E-state index is 12.0. The molecule has 1 aromatic carbocycles. The van der Waals surface area contributed by atoms with Gasteiger partial charge in [-0.3, -0.25) is 4.79 Å². The summed E-state index contributed by atoms with van der Waals surface area (Å²) >= 11 is 3.32. The molecule has 0 unspecified atom stereocenters. The highest BCUT2D eigenvalue weighted by atomic mass is 79.9. The first kappa shape index (κ1) is 17.8. The van der Waals surface area contributed by atoms with Gasteiger partial charge in [0, 0.05) is 10.5 Å². The predicted octanol–water partition coefficient (Wildman–Crippen LogP) is 3.21. The fourth-order valence-corrected chi connectivity index (χ4v) is 2.79. The van der Waals surface area contributed by atoms with E-state index >= 15 is 0 Å². The molecule has 1 fully saturated rings. The molecule has 0 radical (unpaired) electrons. The van der Waals surface area contributed by atoms with Crippen molar-refractivity contribution < 1.29 is 19.1 Å². The van der Waals surface area contributed by atoms with Gasteiger partial charge in [-0.15, -0.1) is 0 Å². The standard InChI is InChI=1S/C17H22BrNO4/c1-12(17(21)19-14-5-3-2-4-6-14)23-16(20)11-22-15-9-7-13(18)8-10-15/h7-10,12,14H,2-6,11H2,1H3,(H,19,21)/t12-/m1/s1. The third kappa shape index (κ3) is 6.22. The van der Waals surface area contributed by atoms with Crippen molar-refractivity contribution in [3.8, 4) is 5.75 Å².